The summed E-state index contributed by atoms with van der Waals surface area (Å²) < 4.78 is 2.09. The van der Waals surface area contributed by atoms with Gasteiger partial charge in [-0.15, -0.1) is 0 Å². The minimum Gasteiger partial charge on any atom is -0.393 e. The predicted molar refractivity (Wildman–Crippen MR) is 64.0 cm³/mol. The van der Waals surface area contributed by atoms with E-state index >= 15 is 0 Å². The number of aromatic nitrogens is 1. The number of nitrogens with two attached hydrogens (primary N) is 1. The summed E-state index contributed by atoms with van der Waals surface area (Å²) in [5.41, 5.74) is 8.26. The normalized spacial score (nSPS) is 29.3. The van der Waals surface area contributed by atoms with Crippen LogP contribution in [0.4, 0.5) is 0 Å². The van der Waals surface area contributed by atoms with E-state index < -0.39 is 0 Å². The minimum atomic E-state index is -0.322. The molecule has 0 radical (unpaired) electrons. The van der Waals surface area contributed by atoms with Gasteiger partial charge in [0.05, 0.1) is 6.10 Å². The summed E-state index contributed by atoms with van der Waals surface area (Å²) in [5.74, 6) is 0. The third-order valence-corrected chi connectivity index (χ3v) is 3.66. The van der Waals surface area contributed by atoms with E-state index in [1.165, 1.54) is 10.9 Å². The lowest BCUT2D eigenvalue weighted by Crippen LogP contribution is -2.51. The molecule has 0 bridgehead atoms. The fourth-order valence-corrected chi connectivity index (χ4v) is 2.59. The van der Waals surface area contributed by atoms with Crippen LogP contribution in [-0.4, -0.2) is 15.8 Å². The molecule has 1 heterocycles. The molecule has 3 heteroatoms. The second-order valence-corrected chi connectivity index (χ2v) is 4.92. The molecule has 1 aliphatic rings. The summed E-state index contributed by atoms with van der Waals surface area (Å²) in [7, 11) is 2.03. The summed E-state index contributed by atoms with van der Waals surface area (Å²) in [4.78, 5) is 0. The number of aliphatic hydroxyl groups excluding tert-OH is 1. The Morgan fingerprint density at radius 3 is 2.81 bits per heavy atom. The molecule has 0 amide bonds. The Morgan fingerprint density at radius 1 is 1.38 bits per heavy atom. The maximum Gasteiger partial charge on any atom is 0.0582 e. The van der Waals surface area contributed by atoms with Crippen LogP contribution in [0, 0.1) is 0 Å². The Balaban J connectivity index is 2.08. The topological polar surface area (TPSA) is 51.2 Å². The zero-order valence-electron chi connectivity index (χ0n) is 9.35. The van der Waals surface area contributed by atoms with Crippen molar-refractivity contribution in [1.29, 1.82) is 0 Å². The van der Waals surface area contributed by atoms with Gasteiger partial charge in [-0.1, -0.05) is 12.1 Å². The van der Waals surface area contributed by atoms with Crippen LogP contribution in [0.1, 0.15) is 18.4 Å². The predicted octanol–water partition coefficient (Wildman–Crippen LogP) is 1.49. The van der Waals surface area contributed by atoms with Gasteiger partial charge in [-0.2, -0.15) is 0 Å². The number of benzene rings is 1. The van der Waals surface area contributed by atoms with Crippen LogP contribution < -0.4 is 5.73 Å². The molecule has 2 aromatic rings. The largest absolute Gasteiger partial charge is 0.393 e. The van der Waals surface area contributed by atoms with E-state index in [1.54, 1.807) is 0 Å². The molecule has 1 aliphatic carbocycles. The van der Waals surface area contributed by atoms with Crippen molar-refractivity contribution in [2.24, 2.45) is 12.8 Å². The van der Waals surface area contributed by atoms with Crippen molar-refractivity contribution >= 4 is 10.9 Å². The lowest BCUT2D eigenvalue weighted by Gasteiger charge is -2.42. The maximum absolute atomic E-state index is 9.39. The molecule has 1 saturated carbocycles. The van der Waals surface area contributed by atoms with Crippen LogP contribution in [-0.2, 0) is 12.6 Å². The Labute approximate surface area is 94.5 Å². The van der Waals surface area contributed by atoms with Gasteiger partial charge in [0.15, 0.2) is 0 Å². The number of fused-ring (bicyclic) bond motifs is 1. The molecule has 1 fully saturated rings. The Bertz CT molecular complexity index is 538. The fraction of sp³-hybridized carbons (Fsp3) is 0.385. The summed E-state index contributed by atoms with van der Waals surface area (Å²) in [6, 6.07) is 8.41. The van der Waals surface area contributed by atoms with Crippen LogP contribution in [0.15, 0.2) is 30.5 Å². The highest BCUT2D eigenvalue weighted by Gasteiger charge is 2.41. The number of hydrogen-bond acceptors (Lipinski definition) is 2. The Kier molecular flexibility index (Phi) is 1.91. The van der Waals surface area contributed by atoms with Gasteiger partial charge in [0.2, 0.25) is 0 Å². The number of nitrogens with zero attached hydrogens (tertiary/aromatic N) is 1. The molecule has 3 nitrogen and oxygen atoms in total. The fourth-order valence-electron chi connectivity index (χ4n) is 2.59. The smallest absolute Gasteiger partial charge is 0.0582 e. The van der Waals surface area contributed by atoms with E-state index in [-0.39, 0.29) is 11.6 Å². The first-order valence-corrected chi connectivity index (χ1v) is 5.61. The first-order chi connectivity index (χ1) is 7.58. The number of rotatable bonds is 1. The van der Waals surface area contributed by atoms with E-state index in [0.717, 1.165) is 5.56 Å². The summed E-state index contributed by atoms with van der Waals surface area (Å²) in [6.07, 6.45) is 3.16. The van der Waals surface area contributed by atoms with Gasteiger partial charge in [0.25, 0.3) is 0 Å². The van der Waals surface area contributed by atoms with Crippen molar-refractivity contribution in [2.45, 2.75) is 24.5 Å². The zero-order valence-corrected chi connectivity index (χ0v) is 9.35. The first-order valence-electron chi connectivity index (χ1n) is 5.61. The molecule has 0 aliphatic heterocycles. The van der Waals surface area contributed by atoms with E-state index in [2.05, 4.69) is 28.8 Å². The highest BCUT2D eigenvalue weighted by Crippen LogP contribution is 2.39. The number of aryl methyl sites for hydroxylation is 1. The van der Waals surface area contributed by atoms with Crippen LogP contribution in [0.2, 0.25) is 0 Å². The molecule has 1 aromatic carbocycles. The Hall–Kier alpha value is -1.32. The highest BCUT2D eigenvalue weighted by atomic mass is 16.3. The molecule has 3 rings (SSSR count). The number of hydrogen-bond donors (Lipinski definition) is 2. The van der Waals surface area contributed by atoms with Crippen LogP contribution in [0.3, 0.4) is 0 Å². The lowest BCUT2D eigenvalue weighted by molar-refractivity contribution is 0.0210. The second kappa shape index (κ2) is 3.09. The first kappa shape index (κ1) is 9.87. The van der Waals surface area contributed by atoms with E-state index in [1.807, 2.05) is 13.2 Å². The average molecular weight is 216 g/mol. The summed E-state index contributed by atoms with van der Waals surface area (Å²) in [5, 5.41) is 10.6. The molecular weight excluding hydrogens is 200 g/mol. The molecule has 84 valence electrons. The molecule has 16 heavy (non-hydrogen) atoms. The van der Waals surface area contributed by atoms with Gasteiger partial charge in [-0.3, -0.25) is 0 Å². The molecule has 3 N–H and O–H groups in total. The van der Waals surface area contributed by atoms with Gasteiger partial charge in [-0.25, -0.2) is 0 Å². The Morgan fingerprint density at radius 2 is 2.12 bits per heavy atom. The molecule has 0 spiro atoms. The molecular formula is C13H16N2O. The van der Waals surface area contributed by atoms with Crippen LogP contribution >= 0.6 is 0 Å². The SMILES string of the molecule is Cn1ccc2ccc(C3(N)CC(O)C3)cc21. The quantitative estimate of drug-likeness (QED) is 0.758. The minimum absolute atomic E-state index is 0.228. The van der Waals surface area contributed by atoms with E-state index in [9.17, 15) is 5.11 Å². The van der Waals surface area contributed by atoms with Gasteiger partial charge < -0.3 is 15.4 Å². The lowest BCUT2D eigenvalue weighted by atomic mass is 9.70. The molecule has 0 atom stereocenters. The van der Waals surface area contributed by atoms with Gasteiger partial charge in [-0.05, 0) is 35.9 Å². The highest BCUT2D eigenvalue weighted by molar-refractivity contribution is 5.81. The van der Waals surface area contributed by atoms with Gasteiger partial charge in [0.1, 0.15) is 0 Å². The monoisotopic (exact) mass is 216 g/mol. The van der Waals surface area contributed by atoms with Gasteiger partial charge in [0, 0.05) is 24.3 Å². The van der Waals surface area contributed by atoms with Crippen molar-refractivity contribution in [1.82, 2.24) is 4.57 Å². The maximum atomic E-state index is 9.39. The van der Waals surface area contributed by atoms with Crippen molar-refractivity contribution in [3.63, 3.8) is 0 Å². The van der Waals surface area contributed by atoms with Crippen molar-refractivity contribution in [3.05, 3.63) is 36.0 Å². The second-order valence-electron chi connectivity index (χ2n) is 4.92. The van der Waals surface area contributed by atoms with Crippen LogP contribution in [0.5, 0.6) is 0 Å². The molecule has 1 aromatic heterocycles. The standard InChI is InChI=1S/C13H16N2O/c1-15-5-4-9-2-3-10(6-12(9)15)13(14)7-11(16)8-13/h2-6,11,16H,7-8,14H2,1H3. The van der Waals surface area contributed by atoms with Crippen molar-refractivity contribution < 1.29 is 5.11 Å². The molecule has 0 unspecified atom stereocenters. The number of aliphatic hydroxyl groups is 1. The van der Waals surface area contributed by atoms with Crippen LogP contribution in [0.25, 0.3) is 10.9 Å². The van der Waals surface area contributed by atoms with Crippen molar-refractivity contribution in [3.8, 4) is 0 Å². The average Bonchev–Trinajstić information content (AvgIpc) is 2.58. The zero-order chi connectivity index (χ0) is 11.3. The summed E-state index contributed by atoms with van der Waals surface area (Å²) >= 11 is 0. The summed E-state index contributed by atoms with van der Waals surface area (Å²) in [6.45, 7) is 0. The molecule has 0 saturated heterocycles. The van der Waals surface area contributed by atoms with Crippen molar-refractivity contribution in [2.75, 3.05) is 0 Å². The third-order valence-electron chi connectivity index (χ3n) is 3.66. The van der Waals surface area contributed by atoms with E-state index in [0.29, 0.717) is 12.8 Å². The third kappa shape index (κ3) is 1.29. The van der Waals surface area contributed by atoms with E-state index in [4.69, 9.17) is 5.73 Å². The van der Waals surface area contributed by atoms with Gasteiger partial charge >= 0.3 is 0 Å².